The van der Waals surface area contributed by atoms with Crippen LogP contribution < -0.4 is 0 Å². The Labute approximate surface area is 97.3 Å². The highest BCUT2D eigenvalue weighted by Gasteiger charge is 2.25. The van der Waals surface area contributed by atoms with Gasteiger partial charge >= 0.3 is 11.9 Å². The Morgan fingerprint density at radius 1 is 1.19 bits per heavy atom. The van der Waals surface area contributed by atoms with Crippen LogP contribution in [0.4, 0.5) is 0 Å². The van der Waals surface area contributed by atoms with Crippen LogP contribution in [0.3, 0.4) is 0 Å². The van der Waals surface area contributed by atoms with E-state index in [-0.39, 0.29) is 11.9 Å². The molecule has 1 atom stereocenters. The Bertz CT molecular complexity index is 240. The van der Waals surface area contributed by atoms with Gasteiger partial charge in [0.2, 0.25) is 6.29 Å². The van der Waals surface area contributed by atoms with E-state index in [1.165, 1.54) is 0 Å². The number of esters is 2. The first-order chi connectivity index (χ1) is 7.27. The van der Waals surface area contributed by atoms with E-state index in [0.29, 0.717) is 6.42 Å². The monoisotopic (exact) mass is 230 g/mol. The van der Waals surface area contributed by atoms with Gasteiger partial charge in [0.15, 0.2) is 0 Å². The summed E-state index contributed by atoms with van der Waals surface area (Å²) in [5.41, 5.74) is -0.579. The molecule has 0 aromatic heterocycles. The second-order valence-electron chi connectivity index (χ2n) is 4.82. The second-order valence-corrected chi connectivity index (χ2v) is 4.82. The van der Waals surface area contributed by atoms with Crippen LogP contribution in [0.2, 0.25) is 0 Å². The molecule has 0 aliphatic rings. The quantitative estimate of drug-likeness (QED) is 0.538. The fourth-order valence-corrected chi connectivity index (χ4v) is 0.917. The first-order valence-electron chi connectivity index (χ1n) is 5.68. The van der Waals surface area contributed by atoms with Crippen molar-refractivity contribution >= 4 is 11.9 Å². The Morgan fingerprint density at radius 3 is 2.19 bits per heavy atom. The van der Waals surface area contributed by atoms with Crippen molar-refractivity contribution < 1.29 is 19.1 Å². The van der Waals surface area contributed by atoms with Gasteiger partial charge in [0.25, 0.3) is 0 Å². The lowest BCUT2D eigenvalue weighted by atomic mass is 9.97. The highest BCUT2D eigenvalue weighted by molar-refractivity contribution is 5.75. The van der Waals surface area contributed by atoms with Gasteiger partial charge in [0, 0.05) is 13.3 Å². The number of carbonyl (C=O) groups excluding carboxylic acids is 2. The molecule has 0 radical (unpaired) electrons. The van der Waals surface area contributed by atoms with Crippen molar-refractivity contribution in [3.05, 3.63) is 0 Å². The zero-order chi connectivity index (χ0) is 12.8. The van der Waals surface area contributed by atoms with Crippen molar-refractivity contribution in [1.82, 2.24) is 0 Å². The molecule has 0 aromatic rings. The van der Waals surface area contributed by atoms with E-state index < -0.39 is 11.7 Å². The van der Waals surface area contributed by atoms with E-state index in [1.807, 2.05) is 6.92 Å². The second kappa shape index (κ2) is 6.51. The predicted molar refractivity (Wildman–Crippen MR) is 60.6 cm³/mol. The largest absolute Gasteiger partial charge is 0.425 e. The molecular formula is C12H22O4. The summed E-state index contributed by atoms with van der Waals surface area (Å²) >= 11 is 0. The van der Waals surface area contributed by atoms with E-state index in [2.05, 4.69) is 0 Å². The topological polar surface area (TPSA) is 52.6 Å². The van der Waals surface area contributed by atoms with Crippen LogP contribution >= 0.6 is 0 Å². The van der Waals surface area contributed by atoms with Crippen molar-refractivity contribution in [2.75, 3.05) is 0 Å². The molecule has 4 nitrogen and oxygen atoms in total. The van der Waals surface area contributed by atoms with Crippen LogP contribution in [-0.2, 0) is 19.1 Å². The lowest BCUT2D eigenvalue weighted by Crippen LogP contribution is -2.29. The number of rotatable bonds is 5. The van der Waals surface area contributed by atoms with E-state index in [1.54, 1.807) is 27.7 Å². The molecule has 0 amide bonds. The van der Waals surface area contributed by atoms with E-state index in [0.717, 1.165) is 12.8 Å². The van der Waals surface area contributed by atoms with Gasteiger partial charge in [-0.25, -0.2) is 0 Å². The molecule has 0 aliphatic heterocycles. The van der Waals surface area contributed by atoms with Crippen molar-refractivity contribution in [3.63, 3.8) is 0 Å². The van der Waals surface area contributed by atoms with E-state index in [4.69, 9.17) is 9.47 Å². The molecule has 4 heteroatoms. The Balaban J connectivity index is 3.95. The molecule has 0 heterocycles. The van der Waals surface area contributed by atoms with E-state index >= 15 is 0 Å². The summed E-state index contributed by atoms with van der Waals surface area (Å²) in [5.74, 6) is -0.695. The maximum Gasteiger partial charge on any atom is 0.314 e. The average Bonchev–Trinajstić information content (AvgIpc) is 2.12. The molecule has 1 unspecified atom stereocenters. The first-order valence-corrected chi connectivity index (χ1v) is 5.68. The Morgan fingerprint density at radius 2 is 1.75 bits per heavy atom. The zero-order valence-electron chi connectivity index (χ0n) is 10.8. The smallest absolute Gasteiger partial charge is 0.314 e. The lowest BCUT2D eigenvalue weighted by molar-refractivity contribution is -0.190. The molecule has 0 N–H and O–H groups in total. The molecule has 0 rings (SSSR count). The van der Waals surface area contributed by atoms with Gasteiger partial charge in [-0.3, -0.25) is 9.59 Å². The third-order valence-corrected chi connectivity index (χ3v) is 1.92. The molecule has 0 aliphatic carbocycles. The molecule has 0 fully saturated rings. The van der Waals surface area contributed by atoms with Crippen LogP contribution in [-0.4, -0.2) is 18.2 Å². The number of hydrogen-bond donors (Lipinski definition) is 0. The molecule has 0 spiro atoms. The minimum absolute atomic E-state index is 0.323. The maximum absolute atomic E-state index is 11.5. The summed E-state index contributed by atoms with van der Waals surface area (Å²) < 4.78 is 9.92. The standard InChI is InChI=1S/C12H22O4/c1-6-7-8-10(13)15-9(2)16-11(14)12(3,4)5/h9H,6-8H2,1-5H3. The van der Waals surface area contributed by atoms with Crippen LogP contribution in [0.25, 0.3) is 0 Å². The van der Waals surface area contributed by atoms with E-state index in [9.17, 15) is 9.59 Å². The number of ether oxygens (including phenoxy) is 2. The molecular weight excluding hydrogens is 208 g/mol. The lowest BCUT2D eigenvalue weighted by Gasteiger charge is -2.20. The minimum atomic E-state index is -0.809. The number of hydrogen-bond acceptors (Lipinski definition) is 4. The third kappa shape index (κ3) is 6.43. The van der Waals surface area contributed by atoms with Gasteiger partial charge in [0.1, 0.15) is 0 Å². The fourth-order valence-electron chi connectivity index (χ4n) is 0.917. The van der Waals surface area contributed by atoms with Gasteiger partial charge in [-0.15, -0.1) is 0 Å². The summed E-state index contributed by atoms with van der Waals surface area (Å²) in [6.45, 7) is 8.80. The minimum Gasteiger partial charge on any atom is -0.425 e. The summed E-state index contributed by atoms with van der Waals surface area (Å²) in [7, 11) is 0. The predicted octanol–water partition coefficient (Wildman–Crippen LogP) is 2.66. The van der Waals surface area contributed by atoms with Crippen molar-refractivity contribution in [3.8, 4) is 0 Å². The summed E-state index contributed by atoms with van der Waals surface area (Å²) in [6, 6.07) is 0. The summed E-state index contributed by atoms with van der Waals surface area (Å²) in [4.78, 5) is 22.7. The van der Waals surface area contributed by atoms with Crippen LogP contribution in [0.5, 0.6) is 0 Å². The normalized spacial score (nSPS) is 13.1. The van der Waals surface area contributed by atoms with Crippen LogP contribution in [0.1, 0.15) is 53.9 Å². The highest BCUT2D eigenvalue weighted by atomic mass is 16.7. The Hall–Kier alpha value is -1.06. The zero-order valence-corrected chi connectivity index (χ0v) is 10.8. The van der Waals surface area contributed by atoms with Gasteiger partial charge in [-0.1, -0.05) is 13.3 Å². The van der Waals surface area contributed by atoms with Crippen LogP contribution in [0, 0.1) is 5.41 Å². The van der Waals surface area contributed by atoms with Crippen molar-refractivity contribution in [1.29, 1.82) is 0 Å². The van der Waals surface area contributed by atoms with Gasteiger partial charge < -0.3 is 9.47 Å². The maximum atomic E-state index is 11.5. The van der Waals surface area contributed by atoms with Gasteiger partial charge in [-0.05, 0) is 27.2 Å². The Kier molecular flexibility index (Phi) is 6.08. The summed E-state index contributed by atoms with van der Waals surface area (Å²) in [5, 5.41) is 0. The number of unbranched alkanes of at least 4 members (excludes halogenated alkanes) is 1. The highest BCUT2D eigenvalue weighted by Crippen LogP contribution is 2.16. The summed E-state index contributed by atoms with van der Waals surface area (Å²) in [6.07, 6.45) is 1.29. The fraction of sp³-hybridized carbons (Fsp3) is 0.833. The SMILES string of the molecule is CCCCC(=O)OC(C)OC(=O)C(C)(C)C. The van der Waals surface area contributed by atoms with Crippen molar-refractivity contribution in [2.24, 2.45) is 5.41 Å². The van der Waals surface area contributed by atoms with Crippen molar-refractivity contribution in [2.45, 2.75) is 60.2 Å². The van der Waals surface area contributed by atoms with Crippen LogP contribution in [0.15, 0.2) is 0 Å². The third-order valence-electron chi connectivity index (χ3n) is 1.92. The average molecular weight is 230 g/mol. The molecule has 0 aromatic carbocycles. The number of carbonyl (C=O) groups is 2. The molecule has 94 valence electrons. The van der Waals surface area contributed by atoms with Gasteiger partial charge in [0.05, 0.1) is 5.41 Å². The molecule has 0 saturated heterocycles. The molecule has 0 bridgehead atoms. The van der Waals surface area contributed by atoms with Gasteiger partial charge in [-0.2, -0.15) is 0 Å². The first kappa shape index (κ1) is 14.9. The molecule has 16 heavy (non-hydrogen) atoms. The molecule has 0 saturated carbocycles.